The van der Waals surface area contributed by atoms with Gasteiger partial charge in [-0.2, -0.15) is 0 Å². The van der Waals surface area contributed by atoms with Gasteiger partial charge in [-0.25, -0.2) is 0 Å². The van der Waals surface area contributed by atoms with Gasteiger partial charge in [-0.05, 0) is 24.6 Å². The smallest absolute Gasteiger partial charge is 0.321 e. The molecule has 0 aliphatic carbocycles. The topological polar surface area (TPSA) is 75.3 Å². The van der Waals surface area contributed by atoms with E-state index >= 15 is 0 Å². The number of nitrogens with one attached hydrogen (secondary N) is 1. The fourth-order valence-electron chi connectivity index (χ4n) is 1.43. The lowest BCUT2D eigenvalue weighted by Crippen LogP contribution is -2.35. The van der Waals surface area contributed by atoms with Crippen LogP contribution in [0.4, 0.5) is 0 Å². The van der Waals surface area contributed by atoms with Gasteiger partial charge in [0, 0.05) is 6.54 Å². The number of rotatable bonds is 5. The average Bonchev–Trinajstić information content (AvgIpc) is 2.25. The molecule has 0 fully saturated rings. The molecule has 0 aliphatic rings. The van der Waals surface area contributed by atoms with Gasteiger partial charge in [0.15, 0.2) is 0 Å². The Labute approximate surface area is 89.1 Å². The molecular weight excluding hydrogens is 192 g/mol. The van der Waals surface area contributed by atoms with Crippen molar-refractivity contribution in [2.75, 3.05) is 7.05 Å². The quantitative estimate of drug-likeness (QED) is 0.653. The molecule has 0 amide bonds. The Morgan fingerprint density at radius 1 is 1.53 bits per heavy atom. The van der Waals surface area contributed by atoms with Crippen molar-refractivity contribution in [3.63, 3.8) is 0 Å². The van der Waals surface area contributed by atoms with E-state index in [2.05, 4.69) is 5.32 Å². The molecule has 0 heterocycles. The minimum absolute atomic E-state index is 0.472. The second-order valence-electron chi connectivity index (χ2n) is 3.41. The second kappa shape index (κ2) is 5.48. The van der Waals surface area contributed by atoms with Gasteiger partial charge in [0.25, 0.3) is 0 Å². The van der Waals surface area contributed by atoms with E-state index in [9.17, 15) is 4.79 Å². The van der Waals surface area contributed by atoms with Gasteiger partial charge in [0.1, 0.15) is 6.04 Å². The van der Waals surface area contributed by atoms with Crippen molar-refractivity contribution >= 4 is 5.97 Å². The van der Waals surface area contributed by atoms with Crippen molar-refractivity contribution in [3.8, 4) is 0 Å². The molecule has 1 aromatic carbocycles. The van der Waals surface area contributed by atoms with Gasteiger partial charge in [0.05, 0.1) is 0 Å². The number of carboxylic acids is 1. The molecular formula is C11H16N2O2. The van der Waals surface area contributed by atoms with Gasteiger partial charge >= 0.3 is 5.97 Å². The molecule has 0 bridgehead atoms. The summed E-state index contributed by atoms with van der Waals surface area (Å²) >= 11 is 0. The zero-order valence-electron chi connectivity index (χ0n) is 8.73. The van der Waals surface area contributed by atoms with Crippen molar-refractivity contribution in [1.82, 2.24) is 5.32 Å². The van der Waals surface area contributed by atoms with Crippen molar-refractivity contribution in [3.05, 3.63) is 35.4 Å². The molecule has 82 valence electrons. The van der Waals surface area contributed by atoms with Crippen LogP contribution < -0.4 is 11.1 Å². The molecule has 0 aromatic heterocycles. The number of benzene rings is 1. The minimum Gasteiger partial charge on any atom is -0.480 e. The highest BCUT2D eigenvalue weighted by Crippen LogP contribution is 2.07. The van der Waals surface area contributed by atoms with E-state index in [1.807, 2.05) is 24.3 Å². The predicted octanol–water partition coefficient (Wildman–Crippen LogP) is 0.360. The zero-order chi connectivity index (χ0) is 11.3. The molecule has 4 nitrogen and oxygen atoms in total. The first-order chi connectivity index (χ1) is 7.17. The Hall–Kier alpha value is -1.39. The number of hydrogen-bond acceptors (Lipinski definition) is 3. The van der Waals surface area contributed by atoms with E-state index in [1.165, 1.54) is 0 Å². The SMILES string of the molecule is CN[C@@H](Cc1cccc(CN)c1)C(=O)O. The summed E-state index contributed by atoms with van der Waals surface area (Å²) in [5.74, 6) is -0.837. The number of carbonyl (C=O) groups is 1. The van der Waals surface area contributed by atoms with E-state index < -0.39 is 12.0 Å². The lowest BCUT2D eigenvalue weighted by molar-refractivity contribution is -0.139. The van der Waals surface area contributed by atoms with Crippen LogP contribution in [0.25, 0.3) is 0 Å². The third-order valence-electron chi connectivity index (χ3n) is 2.31. The van der Waals surface area contributed by atoms with Crippen molar-refractivity contribution in [1.29, 1.82) is 0 Å². The van der Waals surface area contributed by atoms with Crippen LogP contribution in [-0.2, 0) is 17.8 Å². The van der Waals surface area contributed by atoms with E-state index in [1.54, 1.807) is 7.05 Å². The molecule has 1 rings (SSSR count). The molecule has 4 N–H and O–H groups in total. The van der Waals surface area contributed by atoms with Crippen LogP contribution in [0, 0.1) is 0 Å². The maximum absolute atomic E-state index is 10.8. The maximum atomic E-state index is 10.8. The molecule has 0 radical (unpaired) electrons. The summed E-state index contributed by atoms with van der Waals surface area (Å²) in [4.78, 5) is 10.8. The van der Waals surface area contributed by atoms with Gasteiger partial charge in [-0.1, -0.05) is 24.3 Å². The Morgan fingerprint density at radius 2 is 2.20 bits per heavy atom. The van der Waals surface area contributed by atoms with Crippen molar-refractivity contribution in [2.45, 2.75) is 19.0 Å². The van der Waals surface area contributed by atoms with Gasteiger partial charge in [0.2, 0.25) is 0 Å². The third kappa shape index (κ3) is 3.34. The fourth-order valence-corrected chi connectivity index (χ4v) is 1.43. The first kappa shape index (κ1) is 11.7. The van der Waals surface area contributed by atoms with Crippen LogP contribution in [0.1, 0.15) is 11.1 Å². The number of carboxylic acid groups (broad SMARTS) is 1. The first-order valence-corrected chi connectivity index (χ1v) is 4.85. The van der Waals surface area contributed by atoms with Gasteiger partial charge in [-0.3, -0.25) is 4.79 Å². The molecule has 1 aromatic rings. The Morgan fingerprint density at radius 3 is 2.73 bits per heavy atom. The summed E-state index contributed by atoms with van der Waals surface area (Å²) in [6.07, 6.45) is 0.472. The van der Waals surface area contributed by atoms with E-state index in [0.717, 1.165) is 11.1 Å². The third-order valence-corrected chi connectivity index (χ3v) is 2.31. The highest BCUT2D eigenvalue weighted by molar-refractivity contribution is 5.73. The molecule has 1 atom stereocenters. The molecule has 0 aliphatic heterocycles. The normalized spacial score (nSPS) is 12.4. The summed E-state index contributed by atoms with van der Waals surface area (Å²) in [6, 6.07) is 7.13. The lowest BCUT2D eigenvalue weighted by Gasteiger charge is -2.11. The molecule has 0 unspecified atom stereocenters. The van der Waals surface area contributed by atoms with Crippen molar-refractivity contribution in [2.24, 2.45) is 5.73 Å². The summed E-state index contributed by atoms with van der Waals surface area (Å²) in [5.41, 5.74) is 7.52. The number of likely N-dealkylation sites (N-methyl/N-ethyl adjacent to an activating group) is 1. The standard InChI is InChI=1S/C11H16N2O2/c1-13-10(11(14)15)6-8-3-2-4-9(5-8)7-12/h2-5,10,13H,6-7,12H2,1H3,(H,14,15)/t10-/m0/s1. The van der Waals surface area contributed by atoms with Gasteiger partial charge < -0.3 is 16.2 Å². The van der Waals surface area contributed by atoms with Crippen LogP contribution in [0.15, 0.2) is 24.3 Å². The highest BCUT2D eigenvalue weighted by atomic mass is 16.4. The molecule has 0 saturated carbocycles. The fraction of sp³-hybridized carbons (Fsp3) is 0.364. The van der Waals surface area contributed by atoms with Crippen LogP contribution >= 0.6 is 0 Å². The van der Waals surface area contributed by atoms with Crippen molar-refractivity contribution < 1.29 is 9.90 Å². The molecule has 15 heavy (non-hydrogen) atoms. The molecule has 4 heteroatoms. The maximum Gasteiger partial charge on any atom is 0.321 e. The van der Waals surface area contributed by atoms with Gasteiger partial charge in [-0.15, -0.1) is 0 Å². The van der Waals surface area contributed by atoms with E-state index in [4.69, 9.17) is 10.8 Å². The monoisotopic (exact) mass is 208 g/mol. The average molecular weight is 208 g/mol. The Kier molecular flexibility index (Phi) is 4.27. The number of hydrogen-bond donors (Lipinski definition) is 3. The lowest BCUT2D eigenvalue weighted by atomic mass is 10.0. The highest BCUT2D eigenvalue weighted by Gasteiger charge is 2.14. The summed E-state index contributed by atoms with van der Waals surface area (Å²) in [7, 11) is 1.64. The number of aliphatic carboxylic acids is 1. The first-order valence-electron chi connectivity index (χ1n) is 4.85. The second-order valence-corrected chi connectivity index (χ2v) is 3.41. The largest absolute Gasteiger partial charge is 0.480 e. The summed E-state index contributed by atoms with van der Waals surface area (Å²) < 4.78 is 0. The number of nitrogens with two attached hydrogens (primary N) is 1. The minimum atomic E-state index is -0.837. The van der Waals surface area contributed by atoms with Crippen LogP contribution in [0.2, 0.25) is 0 Å². The Bertz CT molecular complexity index is 339. The van der Waals surface area contributed by atoms with Crippen LogP contribution in [-0.4, -0.2) is 24.2 Å². The Balaban J connectivity index is 2.74. The zero-order valence-corrected chi connectivity index (χ0v) is 8.73. The van der Waals surface area contributed by atoms with Crippen LogP contribution in [0.3, 0.4) is 0 Å². The predicted molar refractivity (Wildman–Crippen MR) is 58.5 cm³/mol. The van der Waals surface area contributed by atoms with E-state index in [-0.39, 0.29) is 0 Å². The molecule has 0 saturated heterocycles. The van der Waals surface area contributed by atoms with Crippen LogP contribution in [0.5, 0.6) is 0 Å². The summed E-state index contributed by atoms with van der Waals surface area (Å²) in [6.45, 7) is 0.477. The molecule has 0 spiro atoms. The van der Waals surface area contributed by atoms with E-state index in [0.29, 0.717) is 13.0 Å². The summed E-state index contributed by atoms with van der Waals surface area (Å²) in [5, 5.41) is 11.6.